The number of aromatic nitrogens is 2. The summed E-state index contributed by atoms with van der Waals surface area (Å²) in [5.74, 6) is -0.477. The Kier molecular flexibility index (Phi) is 5.91. The van der Waals surface area contributed by atoms with Gasteiger partial charge in [-0.2, -0.15) is 0 Å². The lowest BCUT2D eigenvalue weighted by Gasteiger charge is -2.30. The van der Waals surface area contributed by atoms with Gasteiger partial charge in [-0.15, -0.1) is 0 Å². The van der Waals surface area contributed by atoms with Gasteiger partial charge >= 0.3 is 12.0 Å². The predicted octanol–water partition coefficient (Wildman–Crippen LogP) is 2.36. The molecule has 1 fully saturated rings. The molecule has 2 rings (SSSR count). The van der Waals surface area contributed by atoms with E-state index in [1.807, 2.05) is 13.8 Å². The molecule has 1 aromatic heterocycles. The standard InChI is InChI=1S/C15H23FN4O2/c1-3-20(4-2)15(21)19-12-5-7-13(8-6-12)22-14-17-9-11(16)10-18-14/h9-10,12-13H,3-8H2,1-2H3,(H,19,21). The Balaban J connectivity index is 1.75. The third-order valence-corrected chi connectivity index (χ3v) is 3.92. The van der Waals surface area contributed by atoms with Crippen LogP contribution in [0.2, 0.25) is 0 Å². The molecule has 0 aromatic carbocycles. The topological polar surface area (TPSA) is 67.4 Å². The molecule has 6 nitrogen and oxygen atoms in total. The Morgan fingerprint density at radius 3 is 2.41 bits per heavy atom. The average molecular weight is 310 g/mol. The van der Waals surface area contributed by atoms with Crippen LogP contribution in [0.4, 0.5) is 9.18 Å². The fourth-order valence-corrected chi connectivity index (χ4v) is 2.61. The van der Waals surface area contributed by atoms with Gasteiger partial charge in [0.1, 0.15) is 6.10 Å². The first kappa shape index (κ1) is 16.5. The largest absolute Gasteiger partial charge is 0.460 e. The second kappa shape index (κ2) is 7.91. The maximum absolute atomic E-state index is 12.7. The number of hydrogen-bond acceptors (Lipinski definition) is 4. The molecular weight excluding hydrogens is 287 g/mol. The molecular formula is C15H23FN4O2. The molecule has 0 bridgehead atoms. The minimum atomic E-state index is -0.477. The summed E-state index contributed by atoms with van der Waals surface area (Å²) in [6.45, 7) is 5.36. The van der Waals surface area contributed by atoms with Gasteiger partial charge in [-0.05, 0) is 39.5 Å². The average Bonchev–Trinajstić information content (AvgIpc) is 2.53. The van der Waals surface area contributed by atoms with Crippen molar-refractivity contribution >= 4 is 6.03 Å². The van der Waals surface area contributed by atoms with Crippen molar-refractivity contribution in [3.05, 3.63) is 18.2 Å². The Bertz CT molecular complexity index is 471. The monoisotopic (exact) mass is 310 g/mol. The zero-order valence-corrected chi connectivity index (χ0v) is 13.1. The molecule has 22 heavy (non-hydrogen) atoms. The van der Waals surface area contributed by atoms with Crippen molar-refractivity contribution in [3.63, 3.8) is 0 Å². The van der Waals surface area contributed by atoms with Crippen molar-refractivity contribution in [3.8, 4) is 6.01 Å². The van der Waals surface area contributed by atoms with Crippen molar-refractivity contribution in [1.29, 1.82) is 0 Å². The van der Waals surface area contributed by atoms with E-state index in [0.29, 0.717) is 13.1 Å². The molecule has 1 heterocycles. The Labute approximate surface area is 130 Å². The fraction of sp³-hybridized carbons (Fsp3) is 0.667. The number of ether oxygens (including phenoxy) is 1. The summed E-state index contributed by atoms with van der Waals surface area (Å²) in [6.07, 6.45) is 5.58. The van der Waals surface area contributed by atoms with E-state index in [9.17, 15) is 9.18 Å². The molecule has 1 aliphatic rings. The van der Waals surface area contributed by atoms with Gasteiger partial charge in [-0.25, -0.2) is 19.2 Å². The Hall–Kier alpha value is -1.92. The predicted molar refractivity (Wildman–Crippen MR) is 80.1 cm³/mol. The number of nitrogens with one attached hydrogen (secondary N) is 1. The zero-order chi connectivity index (χ0) is 15.9. The van der Waals surface area contributed by atoms with Crippen LogP contribution in [0.1, 0.15) is 39.5 Å². The first-order chi connectivity index (χ1) is 10.6. The number of carbonyl (C=O) groups is 1. The van der Waals surface area contributed by atoms with Crippen LogP contribution in [-0.2, 0) is 0 Å². The first-order valence-electron chi connectivity index (χ1n) is 7.82. The molecule has 0 atom stereocenters. The lowest BCUT2D eigenvalue weighted by molar-refractivity contribution is 0.126. The van der Waals surface area contributed by atoms with Crippen molar-refractivity contribution in [2.45, 2.75) is 51.7 Å². The van der Waals surface area contributed by atoms with Crippen molar-refractivity contribution in [1.82, 2.24) is 20.2 Å². The molecule has 1 saturated carbocycles. The number of rotatable bonds is 5. The number of hydrogen-bond donors (Lipinski definition) is 1. The summed E-state index contributed by atoms with van der Waals surface area (Å²) in [4.78, 5) is 21.4. The molecule has 0 radical (unpaired) electrons. The maximum Gasteiger partial charge on any atom is 0.317 e. The van der Waals surface area contributed by atoms with Crippen LogP contribution in [0.25, 0.3) is 0 Å². The second-order valence-corrected chi connectivity index (χ2v) is 5.40. The van der Waals surface area contributed by atoms with E-state index in [1.54, 1.807) is 4.90 Å². The van der Waals surface area contributed by atoms with Gasteiger partial charge in [0.25, 0.3) is 0 Å². The minimum Gasteiger partial charge on any atom is -0.460 e. The summed E-state index contributed by atoms with van der Waals surface area (Å²) in [5.41, 5.74) is 0. The summed E-state index contributed by atoms with van der Waals surface area (Å²) in [5, 5.41) is 3.06. The van der Waals surface area contributed by atoms with Crippen LogP contribution in [-0.4, -0.2) is 46.1 Å². The van der Waals surface area contributed by atoms with Gasteiger partial charge in [-0.1, -0.05) is 0 Å². The number of urea groups is 1. The van der Waals surface area contributed by atoms with Crippen molar-refractivity contribution < 1.29 is 13.9 Å². The highest BCUT2D eigenvalue weighted by atomic mass is 19.1. The molecule has 122 valence electrons. The maximum atomic E-state index is 12.7. The smallest absolute Gasteiger partial charge is 0.317 e. The zero-order valence-electron chi connectivity index (χ0n) is 13.1. The van der Waals surface area contributed by atoms with Crippen molar-refractivity contribution in [2.75, 3.05) is 13.1 Å². The van der Waals surface area contributed by atoms with Crippen LogP contribution < -0.4 is 10.1 Å². The molecule has 1 aliphatic carbocycles. The normalized spacial score (nSPS) is 21.2. The fourth-order valence-electron chi connectivity index (χ4n) is 2.61. The number of nitrogens with zero attached hydrogens (tertiary/aromatic N) is 3. The van der Waals surface area contributed by atoms with Crippen molar-refractivity contribution in [2.24, 2.45) is 0 Å². The van der Waals surface area contributed by atoms with Gasteiger partial charge in [-0.3, -0.25) is 0 Å². The molecule has 2 amide bonds. The van der Waals surface area contributed by atoms with Crippen LogP contribution in [0, 0.1) is 5.82 Å². The number of carbonyl (C=O) groups excluding carboxylic acids is 1. The van der Waals surface area contributed by atoms with Gasteiger partial charge in [0.2, 0.25) is 0 Å². The van der Waals surface area contributed by atoms with Gasteiger partial charge in [0.05, 0.1) is 12.4 Å². The Morgan fingerprint density at radius 2 is 1.86 bits per heavy atom. The minimum absolute atomic E-state index is 0.00348. The molecule has 1 N–H and O–H groups in total. The molecule has 1 aromatic rings. The lowest BCUT2D eigenvalue weighted by atomic mass is 9.93. The van der Waals surface area contributed by atoms with E-state index in [4.69, 9.17) is 4.74 Å². The molecule has 0 unspecified atom stereocenters. The van der Waals surface area contributed by atoms with Gasteiger partial charge in [0.15, 0.2) is 5.82 Å². The quantitative estimate of drug-likeness (QED) is 0.906. The van der Waals surface area contributed by atoms with Crippen LogP contribution in [0.5, 0.6) is 6.01 Å². The third-order valence-electron chi connectivity index (χ3n) is 3.92. The molecule has 7 heteroatoms. The molecule has 0 aliphatic heterocycles. The highest BCUT2D eigenvalue weighted by Crippen LogP contribution is 2.22. The summed E-state index contributed by atoms with van der Waals surface area (Å²) in [7, 11) is 0. The molecule has 0 saturated heterocycles. The first-order valence-corrected chi connectivity index (χ1v) is 7.82. The molecule has 0 spiro atoms. The van der Waals surface area contributed by atoms with E-state index in [0.717, 1.165) is 38.1 Å². The highest BCUT2D eigenvalue weighted by molar-refractivity contribution is 5.74. The summed E-state index contributed by atoms with van der Waals surface area (Å²) >= 11 is 0. The Morgan fingerprint density at radius 1 is 1.27 bits per heavy atom. The van der Waals surface area contributed by atoms with E-state index >= 15 is 0 Å². The van der Waals surface area contributed by atoms with E-state index in [-0.39, 0.29) is 24.2 Å². The van der Waals surface area contributed by atoms with E-state index in [1.165, 1.54) is 0 Å². The second-order valence-electron chi connectivity index (χ2n) is 5.40. The van der Waals surface area contributed by atoms with Crippen LogP contribution in [0.3, 0.4) is 0 Å². The summed E-state index contributed by atoms with van der Waals surface area (Å²) in [6, 6.07) is 0.385. The van der Waals surface area contributed by atoms with Crippen LogP contribution in [0.15, 0.2) is 12.4 Å². The highest BCUT2D eigenvalue weighted by Gasteiger charge is 2.25. The van der Waals surface area contributed by atoms with E-state index < -0.39 is 5.82 Å². The SMILES string of the molecule is CCN(CC)C(=O)NC1CCC(Oc2ncc(F)cn2)CC1. The summed E-state index contributed by atoms with van der Waals surface area (Å²) < 4.78 is 18.4. The van der Waals surface area contributed by atoms with E-state index in [2.05, 4.69) is 15.3 Å². The van der Waals surface area contributed by atoms with Gasteiger partial charge in [0, 0.05) is 19.1 Å². The number of halogens is 1. The van der Waals surface area contributed by atoms with Crippen LogP contribution >= 0.6 is 0 Å². The number of amides is 2. The lowest BCUT2D eigenvalue weighted by Crippen LogP contribution is -2.46. The van der Waals surface area contributed by atoms with Gasteiger partial charge < -0.3 is 15.0 Å². The third kappa shape index (κ3) is 4.54.